The number of thioether (sulfide) groups is 1. The van der Waals surface area contributed by atoms with E-state index in [-0.39, 0.29) is 5.75 Å². The van der Waals surface area contributed by atoms with Crippen LogP contribution in [0.2, 0.25) is 0 Å². The maximum absolute atomic E-state index is 10.5. The van der Waals surface area contributed by atoms with Crippen LogP contribution in [0.15, 0.2) is 27.3 Å². The monoisotopic (exact) mass is 269 g/mol. The zero-order valence-electron chi connectivity index (χ0n) is 9.28. The summed E-state index contributed by atoms with van der Waals surface area (Å²) in [4.78, 5) is 14.6. The van der Waals surface area contributed by atoms with Gasteiger partial charge in [0.25, 0.3) is 0 Å². The largest absolute Gasteiger partial charge is 0.480 e. The van der Waals surface area contributed by atoms with Gasteiger partial charge in [0.05, 0.1) is 12.0 Å². The van der Waals surface area contributed by atoms with Gasteiger partial charge in [0.15, 0.2) is 5.76 Å². The van der Waals surface area contributed by atoms with Crippen LogP contribution >= 0.6 is 11.8 Å². The first-order chi connectivity index (χ1) is 8.66. The number of carboxylic acid groups (broad SMARTS) is 1. The number of carboxylic acids is 1. The molecule has 2 aromatic rings. The molecule has 0 aliphatic rings. The number of aromatic nitrogens is 2. The molecule has 2 aromatic heterocycles. The van der Waals surface area contributed by atoms with Gasteiger partial charge >= 0.3 is 5.97 Å². The molecule has 0 unspecified atom stereocenters. The van der Waals surface area contributed by atoms with Crippen LogP contribution in [0.25, 0.3) is 11.6 Å². The highest BCUT2D eigenvalue weighted by Crippen LogP contribution is 2.18. The van der Waals surface area contributed by atoms with Gasteiger partial charge in [0.1, 0.15) is 6.04 Å². The van der Waals surface area contributed by atoms with E-state index < -0.39 is 12.0 Å². The highest BCUT2D eigenvalue weighted by molar-refractivity contribution is 7.98. The van der Waals surface area contributed by atoms with Crippen LogP contribution in [0.1, 0.15) is 5.89 Å². The molecule has 0 aromatic carbocycles. The molecule has 0 aliphatic heterocycles. The number of carbonyl (C=O) groups is 1. The van der Waals surface area contributed by atoms with Gasteiger partial charge in [-0.2, -0.15) is 4.98 Å². The average Bonchev–Trinajstić information content (AvgIpc) is 2.98. The van der Waals surface area contributed by atoms with Crippen molar-refractivity contribution >= 4 is 17.7 Å². The number of nitrogens with two attached hydrogens (primary N) is 1. The molecule has 0 radical (unpaired) electrons. The zero-order chi connectivity index (χ0) is 13.0. The third kappa shape index (κ3) is 3.11. The molecule has 18 heavy (non-hydrogen) atoms. The average molecular weight is 269 g/mol. The fraction of sp³-hybridized carbons (Fsp3) is 0.300. The Bertz CT molecular complexity index is 511. The molecule has 0 aliphatic carbocycles. The minimum absolute atomic E-state index is 0.286. The topological polar surface area (TPSA) is 115 Å². The molecule has 3 N–H and O–H groups in total. The van der Waals surface area contributed by atoms with Crippen molar-refractivity contribution in [3.63, 3.8) is 0 Å². The summed E-state index contributed by atoms with van der Waals surface area (Å²) < 4.78 is 10.1. The lowest BCUT2D eigenvalue weighted by atomic mass is 10.4. The lowest BCUT2D eigenvalue weighted by Crippen LogP contribution is -2.32. The molecular formula is C10H11N3O4S. The maximum atomic E-state index is 10.5. The van der Waals surface area contributed by atoms with E-state index in [2.05, 4.69) is 10.1 Å². The fourth-order valence-corrected chi connectivity index (χ4v) is 1.97. The zero-order valence-corrected chi connectivity index (χ0v) is 10.1. The molecule has 96 valence electrons. The molecule has 2 heterocycles. The van der Waals surface area contributed by atoms with E-state index in [1.165, 1.54) is 18.0 Å². The summed E-state index contributed by atoms with van der Waals surface area (Å²) in [7, 11) is 0. The molecule has 1 atom stereocenters. The van der Waals surface area contributed by atoms with Gasteiger partial charge in [0, 0.05) is 5.75 Å². The van der Waals surface area contributed by atoms with Gasteiger partial charge in [0.2, 0.25) is 11.7 Å². The normalized spacial score (nSPS) is 12.5. The second-order valence-electron chi connectivity index (χ2n) is 3.45. The fourth-order valence-electron chi connectivity index (χ4n) is 1.16. The van der Waals surface area contributed by atoms with Crippen LogP contribution in [0.5, 0.6) is 0 Å². The van der Waals surface area contributed by atoms with Crippen molar-refractivity contribution in [3.8, 4) is 11.6 Å². The lowest BCUT2D eigenvalue weighted by molar-refractivity contribution is -0.137. The van der Waals surface area contributed by atoms with E-state index in [4.69, 9.17) is 19.8 Å². The number of aliphatic carboxylic acids is 1. The number of hydrogen-bond acceptors (Lipinski definition) is 7. The highest BCUT2D eigenvalue weighted by atomic mass is 32.2. The Morgan fingerprint density at radius 3 is 3.11 bits per heavy atom. The Labute approximate surface area is 106 Å². The molecule has 2 rings (SSSR count). The molecule has 7 nitrogen and oxygen atoms in total. The Morgan fingerprint density at radius 1 is 1.61 bits per heavy atom. The van der Waals surface area contributed by atoms with Gasteiger partial charge in [-0.15, -0.1) is 11.8 Å². The van der Waals surface area contributed by atoms with E-state index in [1.54, 1.807) is 12.1 Å². The van der Waals surface area contributed by atoms with Crippen LogP contribution in [0.4, 0.5) is 0 Å². The Hall–Kier alpha value is -1.80. The van der Waals surface area contributed by atoms with Crippen molar-refractivity contribution < 1.29 is 18.8 Å². The van der Waals surface area contributed by atoms with Crippen molar-refractivity contribution in [3.05, 3.63) is 24.3 Å². The first-order valence-corrected chi connectivity index (χ1v) is 6.25. The van der Waals surface area contributed by atoms with Crippen molar-refractivity contribution in [2.24, 2.45) is 5.73 Å². The number of nitrogens with zero attached hydrogens (tertiary/aromatic N) is 2. The van der Waals surface area contributed by atoms with E-state index in [1.807, 2.05) is 0 Å². The van der Waals surface area contributed by atoms with Crippen LogP contribution in [0.3, 0.4) is 0 Å². The molecule has 0 fully saturated rings. The molecular weight excluding hydrogens is 258 g/mol. The van der Waals surface area contributed by atoms with E-state index in [9.17, 15) is 4.79 Å². The predicted octanol–water partition coefficient (Wildman–Crippen LogP) is 0.975. The smallest absolute Gasteiger partial charge is 0.321 e. The molecule has 0 bridgehead atoms. The van der Waals surface area contributed by atoms with Gasteiger partial charge in [-0.3, -0.25) is 4.79 Å². The first-order valence-electron chi connectivity index (χ1n) is 5.09. The summed E-state index contributed by atoms with van der Waals surface area (Å²) in [6.45, 7) is 0. The number of hydrogen-bond donors (Lipinski definition) is 2. The third-order valence-electron chi connectivity index (χ3n) is 2.05. The van der Waals surface area contributed by atoms with Crippen molar-refractivity contribution in [1.82, 2.24) is 10.1 Å². The minimum atomic E-state index is -1.02. The van der Waals surface area contributed by atoms with Crippen molar-refractivity contribution in [2.45, 2.75) is 11.8 Å². The molecule has 0 saturated heterocycles. The molecule has 0 saturated carbocycles. The number of rotatable bonds is 6. The minimum Gasteiger partial charge on any atom is -0.480 e. The Morgan fingerprint density at radius 2 is 2.44 bits per heavy atom. The maximum Gasteiger partial charge on any atom is 0.321 e. The SMILES string of the molecule is N[C@H](CSCc1nc(-c2ccco2)no1)C(=O)O. The summed E-state index contributed by atoms with van der Waals surface area (Å²) in [5.41, 5.74) is 5.36. The van der Waals surface area contributed by atoms with Gasteiger partial charge < -0.3 is 19.8 Å². The molecule has 8 heteroatoms. The summed E-state index contributed by atoms with van der Waals surface area (Å²) >= 11 is 1.32. The third-order valence-corrected chi connectivity index (χ3v) is 3.10. The van der Waals surface area contributed by atoms with E-state index in [0.717, 1.165) is 0 Å². The lowest BCUT2D eigenvalue weighted by Gasteiger charge is -2.03. The van der Waals surface area contributed by atoms with Crippen molar-refractivity contribution in [1.29, 1.82) is 0 Å². The first kappa shape index (κ1) is 12.7. The summed E-state index contributed by atoms with van der Waals surface area (Å²) in [6, 6.07) is 2.57. The van der Waals surface area contributed by atoms with Crippen LogP contribution in [-0.2, 0) is 10.5 Å². The Kier molecular flexibility index (Phi) is 4.00. The van der Waals surface area contributed by atoms with Crippen LogP contribution in [0, 0.1) is 0 Å². The van der Waals surface area contributed by atoms with Gasteiger partial charge in [-0.05, 0) is 12.1 Å². The standard InChI is InChI=1S/C10H11N3O4S/c11-6(10(14)15)4-18-5-8-12-9(13-17-8)7-2-1-3-16-7/h1-3,6H,4-5,11H2,(H,14,15)/t6-/m1/s1. The van der Waals surface area contributed by atoms with Gasteiger partial charge in [-0.1, -0.05) is 5.16 Å². The second-order valence-corrected chi connectivity index (χ2v) is 4.48. The molecule has 0 spiro atoms. The highest BCUT2D eigenvalue weighted by Gasteiger charge is 2.14. The van der Waals surface area contributed by atoms with Crippen LogP contribution < -0.4 is 5.73 Å². The van der Waals surface area contributed by atoms with Crippen LogP contribution in [-0.4, -0.2) is 33.0 Å². The summed E-state index contributed by atoms with van der Waals surface area (Å²) in [6.07, 6.45) is 1.52. The van der Waals surface area contributed by atoms with Crippen molar-refractivity contribution in [2.75, 3.05) is 5.75 Å². The van der Waals surface area contributed by atoms with Gasteiger partial charge in [-0.25, -0.2) is 0 Å². The quantitative estimate of drug-likeness (QED) is 0.797. The summed E-state index contributed by atoms with van der Waals surface area (Å²) in [5, 5.41) is 12.4. The van der Waals surface area contributed by atoms with E-state index >= 15 is 0 Å². The van der Waals surface area contributed by atoms with E-state index in [0.29, 0.717) is 23.2 Å². The second kappa shape index (κ2) is 5.69. The number of furan rings is 1. The Balaban J connectivity index is 1.86. The molecule has 0 amide bonds. The predicted molar refractivity (Wildman–Crippen MR) is 63.8 cm³/mol. The summed E-state index contributed by atoms with van der Waals surface area (Å²) in [5.74, 6) is 0.978.